The van der Waals surface area contributed by atoms with Gasteiger partial charge in [0.15, 0.2) is 6.61 Å². The predicted molar refractivity (Wildman–Crippen MR) is 97.9 cm³/mol. The van der Waals surface area contributed by atoms with E-state index < -0.39 is 0 Å². The molecule has 1 amide bonds. The number of aryl methyl sites for hydroxylation is 3. The van der Waals surface area contributed by atoms with Gasteiger partial charge in [-0.2, -0.15) is 0 Å². The number of benzene rings is 2. The quantitative estimate of drug-likeness (QED) is 0.871. The van der Waals surface area contributed by atoms with Crippen LogP contribution in [-0.2, 0) is 17.6 Å². The van der Waals surface area contributed by atoms with Crippen LogP contribution in [0.15, 0.2) is 36.4 Å². The minimum Gasteiger partial charge on any atom is -0.484 e. The van der Waals surface area contributed by atoms with Gasteiger partial charge >= 0.3 is 0 Å². The highest BCUT2D eigenvalue weighted by Gasteiger charge is 2.12. The zero-order valence-corrected chi connectivity index (χ0v) is 14.7. The largest absolute Gasteiger partial charge is 0.484 e. The summed E-state index contributed by atoms with van der Waals surface area (Å²) in [6, 6.07) is 12.2. The van der Waals surface area contributed by atoms with Crippen LogP contribution in [0.25, 0.3) is 0 Å². The summed E-state index contributed by atoms with van der Waals surface area (Å²) in [6.45, 7) is 6.45. The van der Waals surface area contributed by atoms with Gasteiger partial charge in [-0.1, -0.05) is 26.0 Å². The van der Waals surface area contributed by atoms with Gasteiger partial charge < -0.3 is 10.1 Å². The Balaban J connectivity index is 1.57. The van der Waals surface area contributed by atoms with E-state index in [0.29, 0.717) is 5.92 Å². The number of carbonyl (C=O) groups excluding carboxylic acids is 1. The fraction of sp³-hybridized carbons (Fsp3) is 0.381. The molecule has 126 valence electrons. The molecule has 0 bridgehead atoms. The van der Waals surface area contributed by atoms with Crippen LogP contribution in [0.4, 0.5) is 5.69 Å². The molecule has 0 aromatic heterocycles. The van der Waals surface area contributed by atoms with Crippen molar-refractivity contribution in [2.75, 3.05) is 11.9 Å². The van der Waals surface area contributed by atoms with Crippen molar-refractivity contribution in [2.24, 2.45) is 0 Å². The maximum Gasteiger partial charge on any atom is 0.262 e. The molecule has 1 N–H and O–H groups in total. The average Bonchev–Trinajstić information content (AvgIpc) is 3.00. The minimum atomic E-state index is -0.126. The molecule has 0 unspecified atom stereocenters. The molecule has 1 aliphatic carbocycles. The molecule has 0 fully saturated rings. The molecule has 0 radical (unpaired) electrons. The van der Waals surface area contributed by atoms with Gasteiger partial charge in [0.2, 0.25) is 0 Å². The molecule has 3 nitrogen and oxygen atoms in total. The van der Waals surface area contributed by atoms with Crippen LogP contribution in [0.3, 0.4) is 0 Å². The standard InChI is InChI=1S/C21H25NO2/c1-14(2)20-10-9-19(11-15(20)3)24-13-21(23)22-18-8-7-16-5-4-6-17(16)12-18/h7-12,14H,4-6,13H2,1-3H3,(H,22,23). The smallest absolute Gasteiger partial charge is 0.262 e. The summed E-state index contributed by atoms with van der Waals surface area (Å²) >= 11 is 0. The molecule has 0 atom stereocenters. The summed E-state index contributed by atoms with van der Waals surface area (Å²) in [5.41, 5.74) is 6.13. The van der Waals surface area contributed by atoms with Gasteiger partial charge in [0.05, 0.1) is 0 Å². The SMILES string of the molecule is Cc1cc(OCC(=O)Nc2ccc3c(c2)CCC3)ccc1C(C)C. The molecule has 0 saturated heterocycles. The monoisotopic (exact) mass is 323 g/mol. The zero-order chi connectivity index (χ0) is 17.1. The third-order valence-electron chi connectivity index (χ3n) is 4.62. The van der Waals surface area contributed by atoms with Gasteiger partial charge in [0.1, 0.15) is 5.75 Å². The Hall–Kier alpha value is -2.29. The van der Waals surface area contributed by atoms with Gasteiger partial charge in [-0.25, -0.2) is 0 Å². The lowest BCUT2D eigenvalue weighted by Crippen LogP contribution is -2.20. The number of ether oxygens (including phenoxy) is 1. The van der Waals surface area contributed by atoms with Crippen LogP contribution >= 0.6 is 0 Å². The number of hydrogen-bond donors (Lipinski definition) is 1. The number of hydrogen-bond acceptors (Lipinski definition) is 2. The Morgan fingerprint density at radius 3 is 2.67 bits per heavy atom. The van der Waals surface area contributed by atoms with E-state index in [1.165, 1.54) is 28.7 Å². The van der Waals surface area contributed by atoms with Gasteiger partial charge in [0.25, 0.3) is 5.91 Å². The predicted octanol–water partition coefficient (Wildman–Crippen LogP) is 4.62. The molecule has 2 aromatic carbocycles. The Bertz CT molecular complexity index is 749. The average molecular weight is 323 g/mol. The zero-order valence-electron chi connectivity index (χ0n) is 14.7. The van der Waals surface area contributed by atoms with E-state index in [9.17, 15) is 4.79 Å². The van der Waals surface area contributed by atoms with Crippen molar-refractivity contribution in [2.45, 2.75) is 46.0 Å². The molecule has 24 heavy (non-hydrogen) atoms. The number of amides is 1. The molecule has 0 spiro atoms. The van der Waals surface area contributed by atoms with Crippen molar-refractivity contribution in [1.29, 1.82) is 0 Å². The second kappa shape index (κ2) is 7.08. The van der Waals surface area contributed by atoms with Crippen LogP contribution < -0.4 is 10.1 Å². The van der Waals surface area contributed by atoms with Crippen molar-refractivity contribution >= 4 is 11.6 Å². The van der Waals surface area contributed by atoms with Crippen LogP contribution in [0.2, 0.25) is 0 Å². The number of nitrogens with one attached hydrogen (secondary N) is 1. The molecule has 1 aliphatic rings. The van der Waals surface area contributed by atoms with Crippen LogP contribution in [0.1, 0.15) is 48.4 Å². The molecule has 2 aromatic rings. The van der Waals surface area contributed by atoms with E-state index >= 15 is 0 Å². The Labute approximate surface area is 144 Å². The van der Waals surface area contributed by atoms with Crippen molar-refractivity contribution in [3.8, 4) is 5.75 Å². The lowest BCUT2D eigenvalue weighted by molar-refractivity contribution is -0.118. The van der Waals surface area contributed by atoms with E-state index in [2.05, 4.69) is 44.3 Å². The highest BCUT2D eigenvalue weighted by molar-refractivity contribution is 5.92. The second-order valence-corrected chi connectivity index (χ2v) is 6.85. The number of anilines is 1. The summed E-state index contributed by atoms with van der Waals surface area (Å²) < 4.78 is 5.64. The number of carbonyl (C=O) groups is 1. The number of rotatable bonds is 5. The summed E-state index contributed by atoms with van der Waals surface area (Å²) in [5, 5.41) is 2.92. The maximum absolute atomic E-state index is 12.1. The van der Waals surface area contributed by atoms with Crippen molar-refractivity contribution in [3.05, 3.63) is 58.7 Å². The van der Waals surface area contributed by atoms with Gasteiger partial charge in [-0.15, -0.1) is 0 Å². The van der Waals surface area contributed by atoms with Gasteiger partial charge in [-0.3, -0.25) is 4.79 Å². The van der Waals surface area contributed by atoms with E-state index in [4.69, 9.17) is 4.74 Å². The van der Waals surface area contributed by atoms with Crippen LogP contribution in [0, 0.1) is 6.92 Å². The third-order valence-corrected chi connectivity index (χ3v) is 4.62. The fourth-order valence-corrected chi connectivity index (χ4v) is 3.38. The Morgan fingerprint density at radius 2 is 1.92 bits per heavy atom. The second-order valence-electron chi connectivity index (χ2n) is 6.85. The van der Waals surface area contributed by atoms with Crippen LogP contribution in [-0.4, -0.2) is 12.5 Å². The first-order valence-electron chi connectivity index (χ1n) is 8.68. The highest BCUT2D eigenvalue weighted by atomic mass is 16.5. The first kappa shape index (κ1) is 16.6. The molecule has 3 rings (SSSR count). The topological polar surface area (TPSA) is 38.3 Å². The molecular weight excluding hydrogens is 298 g/mol. The normalized spacial score (nSPS) is 13.0. The van der Waals surface area contributed by atoms with E-state index in [-0.39, 0.29) is 12.5 Å². The summed E-state index contributed by atoms with van der Waals surface area (Å²) in [6.07, 6.45) is 3.47. The van der Waals surface area contributed by atoms with Crippen molar-refractivity contribution in [1.82, 2.24) is 0 Å². The van der Waals surface area contributed by atoms with E-state index in [0.717, 1.165) is 24.3 Å². The molecule has 3 heteroatoms. The maximum atomic E-state index is 12.1. The van der Waals surface area contributed by atoms with Gasteiger partial charge in [0, 0.05) is 5.69 Å². The first-order valence-corrected chi connectivity index (χ1v) is 8.68. The molecule has 0 saturated carbocycles. The van der Waals surface area contributed by atoms with Crippen LogP contribution in [0.5, 0.6) is 5.75 Å². The molecular formula is C21H25NO2. The lowest BCUT2D eigenvalue weighted by atomic mass is 9.98. The molecule has 0 aliphatic heterocycles. The minimum absolute atomic E-state index is 0.0253. The highest BCUT2D eigenvalue weighted by Crippen LogP contribution is 2.25. The number of fused-ring (bicyclic) bond motifs is 1. The Morgan fingerprint density at radius 1 is 1.12 bits per heavy atom. The van der Waals surface area contributed by atoms with E-state index in [1.807, 2.05) is 18.2 Å². The fourth-order valence-electron chi connectivity index (χ4n) is 3.38. The third kappa shape index (κ3) is 3.78. The first-order chi connectivity index (χ1) is 11.5. The van der Waals surface area contributed by atoms with Crippen molar-refractivity contribution in [3.63, 3.8) is 0 Å². The summed E-state index contributed by atoms with van der Waals surface area (Å²) in [5.74, 6) is 1.10. The lowest BCUT2D eigenvalue weighted by Gasteiger charge is -2.13. The van der Waals surface area contributed by atoms with Crippen molar-refractivity contribution < 1.29 is 9.53 Å². The Kier molecular flexibility index (Phi) is 4.89. The summed E-state index contributed by atoms with van der Waals surface area (Å²) in [4.78, 5) is 12.1. The van der Waals surface area contributed by atoms with Gasteiger partial charge in [-0.05, 0) is 78.6 Å². The van der Waals surface area contributed by atoms with E-state index in [1.54, 1.807) is 0 Å². The summed E-state index contributed by atoms with van der Waals surface area (Å²) in [7, 11) is 0. The molecule has 0 heterocycles.